The van der Waals surface area contributed by atoms with Crippen LogP contribution in [0, 0.1) is 0 Å². The van der Waals surface area contributed by atoms with Crippen LogP contribution in [0.3, 0.4) is 0 Å². The highest BCUT2D eigenvalue weighted by molar-refractivity contribution is 7.80. The maximum absolute atomic E-state index is 12.7. The number of nitrogens with one attached hydrogen (secondary N) is 2. The summed E-state index contributed by atoms with van der Waals surface area (Å²) in [7, 11) is 0. The molecule has 0 bridgehead atoms. The van der Waals surface area contributed by atoms with E-state index in [-0.39, 0.29) is 11.4 Å². The van der Waals surface area contributed by atoms with Gasteiger partial charge in [-0.15, -0.1) is 0 Å². The summed E-state index contributed by atoms with van der Waals surface area (Å²) in [5.41, 5.74) is 2.99. The van der Waals surface area contributed by atoms with Gasteiger partial charge in [0.15, 0.2) is 5.11 Å². The van der Waals surface area contributed by atoms with E-state index >= 15 is 0 Å². The standard InChI is InChI=1S/C26H32ClN3OS/c27-22-10-6-20(7-11-22)14-17-26(15-2-3-16-26)29-25(32)28-23-12-8-21(9-13-23)24(31)30-18-4-1-5-19-30/h6-13H,1-5,14-19H2,(H2,28,29,32). The van der Waals surface area contributed by atoms with Crippen LogP contribution < -0.4 is 10.6 Å². The summed E-state index contributed by atoms with van der Waals surface area (Å²) >= 11 is 11.7. The zero-order valence-electron chi connectivity index (χ0n) is 18.5. The van der Waals surface area contributed by atoms with Gasteiger partial charge in [0.1, 0.15) is 0 Å². The zero-order valence-corrected chi connectivity index (χ0v) is 20.1. The van der Waals surface area contributed by atoms with Gasteiger partial charge in [-0.25, -0.2) is 0 Å². The van der Waals surface area contributed by atoms with E-state index in [0.717, 1.165) is 67.9 Å². The molecule has 1 aliphatic carbocycles. The number of piperidine rings is 1. The average molecular weight is 470 g/mol. The van der Waals surface area contributed by atoms with Crippen LogP contribution in [-0.2, 0) is 6.42 Å². The first-order valence-corrected chi connectivity index (χ1v) is 12.5. The van der Waals surface area contributed by atoms with Gasteiger partial charge in [-0.1, -0.05) is 36.6 Å². The highest BCUT2D eigenvalue weighted by Crippen LogP contribution is 2.34. The number of anilines is 1. The molecule has 1 amide bonds. The minimum absolute atomic E-state index is 0.0356. The van der Waals surface area contributed by atoms with Crippen molar-refractivity contribution in [2.24, 2.45) is 0 Å². The molecule has 0 unspecified atom stereocenters. The molecule has 2 fully saturated rings. The number of thiocarbonyl (C=S) groups is 1. The van der Waals surface area contributed by atoms with Crippen LogP contribution in [-0.4, -0.2) is 34.5 Å². The maximum atomic E-state index is 12.7. The van der Waals surface area contributed by atoms with Crippen molar-refractivity contribution in [2.75, 3.05) is 18.4 Å². The summed E-state index contributed by atoms with van der Waals surface area (Å²) in [6, 6.07) is 15.8. The monoisotopic (exact) mass is 469 g/mol. The van der Waals surface area contributed by atoms with E-state index in [9.17, 15) is 4.79 Å². The molecule has 0 radical (unpaired) electrons. The van der Waals surface area contributed by atoms with Crippen LogP contribution in [0.5, 0.6) is 0 Å². The first-order chi connectivity index (χ1) is 15.5. The summed E-state index contributed by atoms with van der Waals surface area (Å²) in [6.07, 6.45) is 10.2. The number of halogens is 1. The normalized spacial score (nSPS) is 17.7. The molecular weight excluding hydrogens is 438 g/mol. The molecule has 32 heavy (non-hydrogen) atoms. The third kappa shape index (κ3) is 6.02. The van der Waals surface area contributed by atoms with Gasteiger partial charge in [-0.2, -0.15) is 0 Å². The van der Waals surface area contributed by atoms with Crippen molar-refractivity contribution in [3.63, 3.8) is 0 Å². The summed E-state index contributed by atoms with van der Waals surface area (Å²) in [4.78, 5) is 14.6. The quantitative estimate of drug-likeness (QED) is 0.494. The first-order valence-electron chi connectivity index (χ1n) is 11.8. The molecule has 1 saturated heterocycles. The Bertz CT molecular complexity index is 917. The van der Waals surface area contributed by atoms with Crippen molar-refractivity contribution in [1.29, 1.82) is 0 Å². The van der Waals surface area contributed by atoms with Gasteiger partial charge >= 0.3 is 0 Å². The number of rotatable bonds is 6. The Morgan fingerprint density at radius 1 is 0.938 bits per heavy atom. The summed E-state index contributed by atoms with van der Waals surface area (Å²) < 4.78 is 0. The molecule has 6 heteroatoms. The smallest absolute Gasteiger partial charge is 0.253 e. The lowest BCUT2D eigenvalue weighted by molar-refractivity contribution is 0.0724. The fourth-order valence-electron chi connectivity index (χ4n) is 4.90. The number of amides is 1. The Hall–Kier alpha value is -2.11. The van der Waals surface area contributed by atoms with E-state index in [1.165, 1.54) is 24.8 Å². The minimum atomic E-state index is 0.0356. The Morgan fingerprint density at radius 2 is 1.59 bits per heavy atom. The predicted octanol–water partition coefficient (Wildman–Crippen LogP) is 6.20. The Labute approximate surface area is 201 Å². The number of hydrogen-bond acceptors (Lipinski definition) is 2. The molecule has 2 aromatic carbocycles. The van der Waals surface area contributed by atoms with E-state index < -0.39 is 0 Å². The molecule has 0 atom stereocenters. The molecule has 2 N–H and O–H groups in total. The number of carbonyl (C=O) groups excluding carboxylic acids is 1. The minimum Gasteiger partial charge on any atom is -0.357 e. The number of likely N-dealkylation sites (tertiary alicyclic amines) is 1. The Morgan fingerprint density at radius 3 is 2.25 bits per heavy atom. The van der Waals surface area contributed by atoms with Gasteiger partial charge in [0.05, 0.1) is 0 Å². The summed E-state index contributed by atoms with van der Waals surface area (Å²) in [5.74, 6) is 0.129. The number of carbonyl (C=O) groups is 1. The number of aryl methyl sites for hydroxylation is 1. The molecule has 0 spiro atoms. The van der Waals surface area contributed by atoms with Gasteiger partial charge in [-0.05, 0) is 99.1 Å². The fraction of sp³-hybridized carbons (Fsp3) is 0.462. The van der Waals surface area contributed by atoms with Gasteiger partial charge in [-0.3, -0.25) is 4.79 Å². The molecule has 4 rings (SSSR count). The number of hydrogen-bond donors (Lipinski definition) is 2. The molecule has 1 aliphatic heterocycles. The fourth-order valence-corrected chi connectivity index (χ4v) is 5.36. The van der Waals surface area contributed by atoms with Crippen molar-refractivity contribution in [1.82, 2.24) is 10.2 Å². The van der Waals surface area contributed by atoms with Crippen molar-refractivity contribution in [3.05, 3.63) is 64.7 Å². The lowest BCUT2D eigenvalue weighted by Crippen LogP contribution is -2.48. The van der Waals surface area contributed by atoms with E-state index in [1.54, 1.807) is 0 Å². The molecule has 0 aromatic heterocycles. The van der Waals surface area contributed by atoms with E-state index in [1.807, 2.05) is 41.3 Å². The van der Waals surface area contributed by atoms with Crippen molar-refractivity contribution in [2.45, 2.75) is 63.3 Å². The largest absolute Gasteiger partial charge is 0.357 e. The van der Waals surface area contributed by atoms with Gasteiger partial charge in [0.25, 0.3) is 5.91 Å². The predicted molar refractivity (Wildman–Crippen MR) is 137 cm³/mol. The topological polar surface area (TPSA) is 44.4 Å². The maximum Gasteiger partial charge on any atom is 0.253 e. The number of nitrogens with zero attached hydrogens (tertiary/aromatic N) is 1. The van der Waals surface area contributed by atoms with Gasteiger partial charge in [0.2, 0.25) is 0 Å². The highest BCUT2D eigenvalue weighted by atomic mass is 35.5. The first kappa shape index (κ1) is 23.1. The molecule has 2 aliphatic rings. The van der Waals surface area contributed by atoms with Crippen LogP contribution in [0.4, 0.5) is 5.69 Å². The molecular formula is C26H32ClN3OS. The van der Waals surface area contributed by atoms with Crippen LogP contribution in [0.15, 0.2) is 48.5 Å². The summed E-state index contributed by atoms with van der Waals surface area (Å²) in [5, 5.41) is 8.38. The van der Waals surface area contributed by atoms with E-state index in [2.05, 4.69) is 22.8 Å². The van der Waals surface area contributed by atoms with E-state index in [0.29, 0.717) is 5.11 Å². The third-order valence-corrected chi connectivity index (χ3v) is 7.23. The summed E-state index contributed by atoms with van der Waals surface area (Å²) in [6.45, 7) is 1.73. The lowest BCUT2D eigenvalue weighted by Gasteiger charge is -2.32. The van der Waals surface area contributed by atoms with E-state index in [4.69, 9.17) is 23.8 Å². The van der Waals surface area contributed by atoms with Crippen molar-refractivity contribution < 1.29 is 4.79 Å². The molecule has 2 aromatic rings. The number of benzene rings is 2. The second-order valence-corrected chi connectivity index (χ2v) is 9.97. The van der Waals surface area contributed by atoms with Crippen LogP contribution in [0.1, 0.15) is 67.3 Å². The van der Waals surface area contributed by atoms with Crippen LogP contribution in [0.2, 0.25) is 5.02 Å². The Kier molecular flexibility index (Phi) is 7.69. The second kappa shape index (κ2) is 10.7. The molecule has 1 saturated carbocycles. The second-order valence-electron chi connectivity index (χ2n) is 9.12. The van der Waals surface area contributed by atoms with Crippen molar-refractivity contribution in [3.8, 4) is 0 Å². The third-order valence-electron chi connectivity index (χ3n) is 6.78. The lowest BCUT2D eigenvalue weighted by atomic mass is 9.89. The molecule has 170 valence electrons. The van der Waals surface area contributed by atoms with Crippen LogP contribution >= 0.6 is 23.8 Å². The average Bonchev–Trinajstić information content (AvgIpc) is 3.27. The van der Waals surface area contributed by atoms with Gasteiger partial charge < -0.3 is 15.5 Å². The molecule has 4 nitrogen and oxygen atoms in total. The SMILES string of the molecule is O=C(c1ccc(NC(=S)NC2(CCc3ccc(Cl)cc3)CCCC2)cc1)N1CCCCC1. The zero-order chi connectivity index (χ0) is 22.4. The highest BCUT2D eigenvalue weighted by Gasteiger charge is 2.34. The molecule has 1 heterocycles. The van der Waals surface area contributed by atoms with Crippen LogP contribution in [0.25, 0.3) is 0 Å². The van der Waals surface area contributed by atoms with Gasteiger partial charge in [0, 0.05) is 34.9 Å². The Balaban J connectivity index is 1.33. The van der Waals surface area contributed by atoms with Crippen molar-refractivity contribution >= 4 is 40.5 Å².